The van der Waals surface area contributed by atoms with Crippen LogP contribution in [0.1, 0.15) is 23.2 Å². The maximum Gasteiger partial charge on any atom is 0.251 e. The molecule has 4 heteroatoms. The predicted molar refractivity (Wildman–Crippen MR) is 76.2 cm³/mol. The molecular weight excluding hydrogens is 265 g/mol. The summed E-state index contributed by atoms with van der Waals surface area (Å²) in [5, 5.41) is 3.93. The van der Waals surface area contributed by atoms with Crippen molar-refractivity contribution in [3.05, 3.63) is 47.8 Å². The topological polar surface area (TPSA) is 29.1 Å². The fraction of sp³-hybridized carbons (Fsp3) is 0.267. The third-order valence-electron chi connectivity index (χ3n) is 2.96. The highest BCUT2D eigenvalue weighted by molar-refractivity contribution is 6.17. The van der Waals surface area contributed by atoms with Crippen molar-refractivity contribution >= 4 is 28.3 Å². The molecule has 0 bridgehead atoms. The lowest BCUT2D eigenvalue weighted by Gasteiger charge is -2.08. The van der Waals surface area contributed by atoms with Gasteiger partial charge in [-0.2, -0.15) is 0 Å². The largest absolute Gasteiger partial charge is 0.352 e. The zero-order valence-corrected chi connectivity index (χ0v) is 11.2. The van der Waals surface area contributed by atoms with Gasteiger partial charge in [0.2, 0.25) is 0 Å². The molecule has 1 N–H and O–H groups in total. The van der Waals surface area contributed by atoms with Gasteiger partial charge in [-0.3, -0.25) is 4.79 Å². The van der Waals surface area contributed by atoms with E-state index in [0.717, 1.165) is 12.8 Å². The number of benzene rings is 2. The van der Waals surface area contributed by atoms with Crippen LogP contribution in [0.25, 0.3) is 10.8 Å². The number of rotatable bonds is 5. The first-order valence-electron chi connectivity index (χ1n) is 6.25. The van der Waals surface area contributed by atoms with Crippen LogP contribution in [0.5, 0.6) is 0 Å². The summed E-state index contributed by atoms with van der Waals surface area (Å²) in [6.45, 7) is 0.581. The molecule has 19 heavy (non-hydrogen) atoms. The standard InChI is InChI=1S/C15H15ClFNO/c16-9-3-4-10-18-15(19)13-7-8-14(17)12-6-2-1-5-11(12)13/h1-2,5-8H,3-4,9-10H2,(H,18,19). The van der Waals surface area contributed by atoms with Gasteiger partial charge in [0.25, 0.3) is 5.91 Å². The maximum absolute atomic E-state index is 13.6. The van der Waals surface area contributed by atoms with Crippen molar-refractivity contribution in [3.63, 3.8) is 0 Å². The highest BCUT2D eigenvalue weighted by atomic mass is 35.5. The van der Waals surface area contributed by atoms with E-state index >= 15 is 0 Å². The third-order valence-corrected chi connectivity index (χ3v) is 3.23. The van der Waals surface area contributed by atoms with Crippen LogP contribution < -0.4 is 5.32 Å². The third kappa shape index (κ3) is 3.24. The Hall–Kier alpha value is -1.61. The monoisotopic (exact) mass is 279 g/mol. The number of alkyl halides is 1. The molecule has 0 aliphatic heterocycles. The van der Waals surface area contributed by atoms with Gasteiger partial charge in [-0.25, -0.2) is 4.39 Å². The smallest absolute Gasteiger partial charge is 0.251 e. The summed E-state index contributed by atoms with van der Waals surface area (Å²) in [6.07, 6.45) is 1.71. The Balaban J connectivity index is 2.20. The second-order valence-corrected chi connectivity index (χ2v) is 4.67. The first-order chi connectivity index (χ1) is 9.24. The molecule has 2 aromatic carbocycles. The highest BCUT2D eigenvalue weighted by Crippen LogP contribution is 2.21. The number of nitrogens with one attached hydrogen (secondary N) is 1. The highest BCUT2D eigenvalue weighted by Gasteiger charge is 2.11. The van der Waals surface area contributed by atoms with Gasteiger partial charge in [-0.15, -0.1) is 11.6 Å². The Kier molecular flexibility index (Phi) is 4.74. The molecule has 0 unspecified atom stereocenters. The second kappa shape index (κ2) is 6.53. The van der Waals surface area contributed by atoms with Gasteiger partial charge < -0.3 is 5.32 Å². The summed E-state index contributed by atoms with van der Waals surface area (Å²) in [5.41, 5.74) is 0.503. The molecule has 0 heterocycles. The van der Waals surface area contributed by atoms with E-state index in [1.54, 1.807) is 24.3 Å². The van der Waals surface area contributed by atoms with Crippen LogP contribution >= 0.6 is 11.6 Å². The first-order valence-corrected chi connectivity index (χ1v) is 6.79. The molecule has 0 aromatic heterocycles. The minimum atomic E-state index is -0.311. The van der Waals surface area contributed by atoms with Gasteiger partial charge in [-0.1, -0.05) is 24.3 Å². The number of carbonyl (C=O) groups is 1. The van der Waals surface area contributed by atoms with Gasteiger partial charge in [0.05, 0.1) is 0 Å². The van der Waals surface area contributed by atoms with Crippen molar-refractivity contribution in [3.8, 4) is 0 Å². The van der Waals surface area contributed by atoms with E-state index in [-0.39, 0.29) is 11.7 Å². The molecule has 2 rings (SSSR count). The van der Waals surface area contributed by atoms with Crippen molar-refractivity contribution in [2.75, 3.05) is 12.4 Å². The van der Waals surface area contributed by atoms with E-state index in [9.17, 15) is 9.18 Å². The summed E-state index contributed by atoms with van der Waals surface area (Å²) >= 11 is 5.58. The van der Waals surface area contributed by atoms with Crippen LogP contribution in [0, 0.1) is 5.82 Å². The number of fused-ring (bicyclic) bond motifs is 1. The van der Waals surface area contributed by atoms with Crippen LogP contribution in [0.2, 0.25) is 0 Å². The van der Waals surface area contributed by atoms with E-state index in [2.05, 4.69) is 5.32 Å². The van der Waals surface area contributed by atoms with Gasteiger partial charge in [0.15, 0.2) is 0 Å². The van der Waals surface area contributed by atoms with Gasteiger partial charge in [0, 0.05) is 23.4 Å². The minimum Gasteiger partial charge on any atom is -0.352 e. The zero-order chi connectivity index (χ0) is 13.7. The number of unbranched alkanes of at least 4 members (excludes halogenated alkanes) is 1. The molecule has 0 atom stereocenters. The summed E-state index contributed by atoms with van der Waals surface area (Å²) in [5.74, 6) is 0.107. The van der Waals surface area contributed by atoms with E-state index in [4.69, 9.17) is 11.6 Å². The maximum atomic E-state index is 13.6. The molecule has 0 aliphatic carbocycles. The first kappa shape index (κ1) is 13.8. The molecule has 0 spiro atoms. The van der Waals surface area contributed by atoms with Gasteiger partial charge >= 0.3 is 0 Å². The molecule has 0 saturated heterocycles. The lowest BCUT2D eigenvalue weighted by atomic mass is 10.0. The quantitative estimate of drug-likeness (QED) is 0.656. The van der Waals surface area contributed by atoms with E-state index in [0.29, 0.717) is 28.8 Å². The number of carbonyl (C=O) groups excluding carboxylic acids is 1. The van der Waals surface area contributed by atoms with Crippen molar-refractivity contribution in [2.45, 2.75) is 12.8 Å². The van der Waals surface area contributed by atoms with Crippen LogP contribution in [0.3, 0.4) is 0 Å². The number of hydrogen-bond donors (Lipinski definition) is 1. The van der Waals surface area contributed by atoms with Crippen molar-refractivity contribution in [1.29, 1.82) is 0 Å². The van der Waals surface area contributed by atoms with Crippen LogP contribution in [0.15, 0.2) is 36.4 Å². The molecule has 100 valence electrons. The van der Waals surface area contributed by atoms with Crippen LogP contribution in [-0.2, 0) is 0 Å². The Labute approximate surface area is 116 Å². The SMILES string of the molecule is O=C(NCCCCCl)c1ccc(F)c2ccccc12. The molecule has 0 fully saturated rings. The Bertz CT molecular complexity index is 585. The lowest BCUT2D eigenvalue weighted by Crippen LogP contribution is -2.24. The Morgan fingerprint density at radius 3 is 2.58 bits per heavy atom. The molecule has 1 amide bonds. The zero-order valence-electron chi connectivity index (χ0n) is 10.5. The van der Waals surface area contributed by atoms with E-state index < -0.39 is 0 Å². The van der Waals surface area contributed by atoms with Crippen molar-refractivity contribution in [1.82, 2.24) is 5.32 Å². The Morgan fingerprint density at radius 1 is 1.11 bits per heavy atom. The van der Waals surface area contributed by atoms with Gasteiger partial charge in [0.1, 0.15) is 5.82 Å². The molecule has 0 radical (unpaired) electrons. The average molecular weight is 280 g/mol. The van der Waals surface area contributed by atoms with Crippen LogP contribution in [0.4, 0.5) is 4.39 Å². The summed E-state index contributed by atoms with van der Waals surface area (Å²) in [7, 11) is 0. The average Bonchev–Trinajstić information content (AvgIpc) is 2.44. The van der Waals surface area contributed by atoms with Crippen LogP contribution in [-0.4, -0.2) is 18.3 Å². The number of halogens is 2. The molecular formula is C15H15ClFNO. The fourth-order valence-corrected chi connectivity index (χ4v) is 2.17. The van der Waals surface area contributed by atoms with E-state index in [1.807, 2.05) is 0 Å². The minimum absolute atomic E-state index is 0.175. The summed E-state index contributed by atoms with van der Waals surface area (Å²) < 4.78 is 13.6. The second-order valence-electron chi connectivity index (χ2n) is 4.29. The van der Waals surface area contributed by atoms with E-state index in [1.165, 1.54) is 12.1 Å². The molecule has 2 aromatic rings. The number of amides is 1. The molecule has 0 aliphatic rings. The van der Waals surface area contributed by atoms with Crippen molar-refractivity contribution in [2.24, 2.45) is 0 Å². The summed E-state index contributed by atoms with van der Waals surface area (Å²) in [6, 6.07) is 9.84. The normalized spacial score (nSPS) is 10.6. The molecule has 0 saturated carbocycles. The Morgan fingerprint density at radius 2 is 1.84 bits per heavy atom. The van der Waals surface area contributed by atoms with Crippen molar-refractivity contribution < 1.29 is 9.18 Å². The predicted octanol–water partition coefficient (Wildman–Crippen LogP) is 3.73. The lowest BCUT2D eigenvalue weighted by molar-refractivity contribution is 0.0955. The molecule has 2 nitrogen and oxygen atoms in total. The van der Waals surface area contributed by atoms with Gasteiger partial charge in [-0.05, 0) is 30.4 Å². The number of hydrogen-bond acceptors (Lipinski definition) is 1. The summed E-state index contributed by atoms with van der Waals surface area (Å²) in [4.78, 5) is 12.1. The fourth-order valence-electron chi connectivity index (χ4n) is 1.98.